The number of benzene rings is 1. The van der Waals surface area contributed by atoms with Gasteiger partial charge in [0.2, 0.25) is 0 Å². The normalized spacial score (nSPS) is 29.1. The topological polar surface area (TPSA) is 41.3 Å². The predicted molar refractivity (Wildman–Crippen MR) is 94.9 cm³/mol. The summed E-state index contributed by atoms with van der Waals surface area (Å²) < 4.78 is 40.0. The number of rotatable bonds is 3. The molecule has 1 aliphatic carbocycles. The summed E-state index contributed by atoms with van der Waals surface area (Å²) in [7, 11) is 0. The number of aromatic nitrogens is 2. The SMILES string of the molecule is Cc1cnn([C@H]2C[C@H]3CN(Cc4ccc(C(F)(F)F)cc4)C[C@H]3C[C@@H]2O)c1. The number of fused-ring (bicyclic) bond motifs is 1. The third-order valence-electron chi connectivity index (χ3n) is 5.94. The van der Waals surface area contributed by atoms with Crippen molar-refractivity contribution in [3.8, 4) is 0 Å². The molecule has 1 saturated heterocycles. The molecule has 1 aromatic heterocycles. The smallest absolute Gasteiger partial charge is 0.391 e. The van der Waals surface area contributed by atoms with Crippen LogP contribution in [0.15, 0.2) is 36.7 Å². The third-order valence-corrected chi connectivity index (χ3v) is 5.94. The molecule has 4 nitrogen and oxygen atoms in total. The highest BCUT2D eigenvalue weighted by Crippen LogP contribution is 2.41. The van der Waals surface area contributed by atoms with E-state index in [1.165, 1.54) is 0 Å². The van der Waals surface area contributed by atoms with Gasteiger partial charge < -0.3 is 5.11 Å². The van der Waals surface area contributed by atoms with Crippen LogP contribution in [0, 0.1) is 18.8 Å². The quantitative estimate of drug-likeness (QED) is 0.885. The van der Waals surface area contributed by atoms with Crippen molar-refractivity contribution in [2.24, 2.45) is 11.8 Å². The van der Waals surface area contributed by atoms with E-state index < -0.39 is 17.8 Å². The van der Waals surface area contributed by atoms with Crippen molar-refractivity contribution >= 4 is 0 Å². The first-order chi connectivity index (χ1) is 12.8. The first-order valence-corrected chi connectivity index (χ1v) is 9.37. The molecule has 0 amide bonds. The number of alkyl halides is 3. The van der Waals surface area contributed by atoms with E-state index in [0.717, 1.165) is 49.2 Å². The molecule has 2 aliphatic rings. The predicted octanol–water partition coefficient (Wildman–Crippen LogP) is 3.65. The first-order valence-electron chi connectivity index (χ1n) is 9.37. The van der Waals surface area contributed by atoms with Crippen LogP contribution in [0.1, 0.15) is 35.6 Å². The summed E-state index contributed by atoms with van der Waals surface area (Å²) in [6.07, 6.45) is 0.718. The number of aliphatic hydroxyl groups excluding tert-OH is 1. The average molecular weight is 379 g/mol. The third kappa shape index (κ3) is 3.89. The van der Waals surface area contributed by atoms with Crippen molar-refractivity contribution in [2.45, 2.75) is 44.6 Å². The van der Waals surface area contributed by atoms with E-state index in [0.29, 0.717) is 18.4 Å². The van der Waals surface area contributed by atoms with Gasteiger partial charge in [-0.25, -0.2) is 0 Å². The fourth-order valence-electron chi connectivity index (χ4n) is 4.59. The van der Waals surface area contributed by atoms with Gasteiger partial charge in [0.15, 0.2) is 0 Å². The maximum Gasteiger partial charge on any atom is 0.416 e. The van der Waals surface area contributed by atoms with Crippen LogP contribution in [0.25, 0.3) is 0 Å². The highest BCUT2D eigenvalue weighted by molar-refractivity contribution is 5.24. The summed E-state index contributed by atoms with van der Waals surface area (Å²) in [5, 5.41) is 14.9. The fraction of sp³-hybridized carbons (Fsp3) is 0.550. The Labute approximate surface area is 156 Å². The molecular formula is C20H24F3N3O. The number of halogens is 3. The molecule has 2 aromatic rings. The van der Waals surface area contributed by atoms with E-state index in [9.17, 15) is 18.3 Å². The van der Waals surface area contributed by atoms with Gasteiger partial charge >= 0.3 is 6.18 Å². The molecule has 0 radical (unpaired) electrons. The van der Waals surface area contributed by atoms with Crippen molar-refractivity contribution in [3.05, 3.63) is 53.3 Å². The van der Waals surface area contributed by atoms with Gasteiger partial charge in [-0.3, -0.25) is 9.58 Å². The summed E-state index contributed by atoms with van der Waals surface area (Å²) in [4.78, 5) is 2.29. The molecule has 7 heteroatoms. The molecule has 1 saturated carbocycles. The Balaban J connectivity index is 1.40. The zero-order valence-electron chi connectivity index (χ0n) is 15.2. The van der Waals surface area contributed by atoms with Gasteiger partial charge in [0.25, 0.3) is 0 Å². The minimum Gasteiger partial charge on any atom is -0.391 e. The standard InChI is InChI=1S/C20H24F3N3O/c1-13-8-24-26(9-13)18-6-15-11-25(12-16(15)7-19(18)27)10-14-2-4-17(5-3-14)20(21,22)23/h2-5,8-9,15-16,18-19,27H,6-7,10-12H2,1H3/t15-,16+,18-,19-/m0/s1. The molecule has 0 bridgehead atoms. The molecule has 2 fully saturated rings. The molecular weight excluding hydrogens is 355 g/mol. The van der Waals surface area contributed by atoms with Gasteiger partial charge in [-0.2, -0.15) is 18.3 Å². The molecule has 4 atom stereocenters. The lowest BCUT2D eigenvalue weighted by Gasteiger charge is -2.35. The van der Waals surface area contributed by atoms with Crippen LogP contribution in [0.4, 0.5) is 13.2 Å². The van der Waals surface area contributed by atoms with Crippen LogP contribution in [-0.4, -0.2) is 39.0 Å². The summed E-state index contributed by atoms with van der Waals surface area (Å²) in [6.45, 7) is 4.43. The number of nitrogens with zero attached hydrogens (tertiary/aromatic N) is 3. The summed E-state index contributed by atoms with van der Waals surface area (Å²) in [5.74, 6) is 0.916. The van der Waals surface area contributed by atoms with E-state index in [2.05, 4.69) is 10.00 Å². The van der Waals surface area contributed by atoms with E-state index in [-0.39, 0.29) is 6.04 Å². The zero-order chi connectivity index (χ0) is 19.2. The Bertz CT molecular complexity index is 787. The summed E-state index contributed by atoms with van der Waals surface area (Å²) in [5.41, 5.74) is 1.36. The highest BCUT2D eigenvalue weighted by Gasteiger charge is 2.42. The summed E-state index contributed by atoms with van der Waals surface area (Å²) in [6, 6.07) is 5.44. The van der Waals surface area contributed by atoms with Crippen molar-refractivity contribution in [3.63, 3.8) is 0 Å². The van der Waals surface area contributed by atoms with Crippen LogP contribution in [-0.2, 0) is 12.7 Å². The lowest BCUT2D eigenvalue weighted by Crippen LogP contribution is -2.36. The van der Waals surface area contributed by atoms with Crippen LogP contribution >= 0.6 is 0 Å². The minimum atomic E-state index is -4.29. The van der Waals surface area contributed by atoms with Crippen LogP contribution in [0.5, 0.6) is 0 Å². The Hall–Kier alpha value is -1.86. The van der Waals surface area contributed by atoms with Gasteiger partial charge in [-0.15, -0.1) is 0 Å². The maximum atomic E-state index is 12.7. The molecule has 1 N–H and O–H groups in total. The number of hydrogen-bond acceptors (Lipinski definition) is 3. The monoisotopic (exact) mass is 379 g/mol. The summed E-state index contributed by atoms with van der Waals surface area (Å²) >= 11 is 0. The van der Waals surface area contributed by atoms with Crippen molar-refractivity contribution < 1.29 is 18.3 Å². The van der Waals surface area contributed by atoms with Crippen LogP contribution in [0.2, 0.25) is 0 Å². The largest absolute Gasteiger partial charge is 0.416 e. The molecule has 2 heterocycles. The first kappa shape index (κ1) is 18.5. The number of aryl methyl sites for hydroxylation is 1. The van der Waals surface area contributed by atoms with Crippen molar-refractivity contribution in [2.75, 3.05) is 13.1 Å². The molecule has 27 heavy (non-hydrogen) atoms. The van der Waals surface area contributed by atoms with Gasteiger partial charge in [0, 0.05) is 25.8 Å². The van der Waals surface area contributed by atoms with Crippen LogP contribution in [0.3, 0.4) is 0 Å². The Morgan fingerprint density at radius 2 is 1.78 bits per heavy atom. The average Bonchev–Trinajstić information content (AvgIpc) is 3.19. The number of hydrogen-bond donors (Lipinski definition) is 1. The molecule has 1 aromatic carbocycles. The fourth-order valence-corrected chi connectivity index (χ4v) is 4.59. The van der Waals surface area contributed by atoms with Gasteiger partial charge in [-0.1, -0.05) is 12.1 Å². The lowest BCUT2D eigenvalue weighted by molar-refractivity contribution is -0.137. The van der Waals surface area contributed by atoms with E-state index in [4.69, 9.17) is 0 Å². The van der Waals surface area contributed by atoms with Crippen molar-refractivity contribution in [1.82, 2.24) is 14.7 Å². The van der Waals surface area contributed by atoms with Crippen molar-refractivity contribution in [1.29, 1.82) is 0 Å². The lowest BCUT2D eigenvalue weighted by atomic mass is 9.77. The molecule has 0 unspecified atom stereocenters. The van der Waals surface area contributed by atoms with Gasteiger partial charge in [0.05, 0.1) is 23.9 Å². The zero-order valence-corrected chi connectivity index (χ0v) is 15.2. The van der Waals surface area contributed by atoms with Gasteiger partial charge in [-0.05, 0) is 54.9 Å². The Morgan fingerprint density at radius 1 is 1.11 bits per heavy atom. The second-order valence-corrected chi connectivity index (χ2v) is 8.01. The Kier molecular flexibility index (Phi) is 4.76. The molecule has 0 spiro atoms. The van der Waals surface area contributed by atoms with E-state index in [1.807, 2.05) is 24.0 Å². The maximum absolute atomic E-state index is 12.7. The van der Waals surface area contributed by atoms with Crippen LogP contribution < -0.4 is 0 Å². The minimum absolute atomic E-state index is 0.00553. The highest BCUT2D eigenvalue weighted by atomic mass is 19.4. The molecule has 146 valence electrons. The number of likely N-dealkylation sites (tertiary alicyclic amines) is 1. The number of aliphatic hydroxyl groups is 1. The Morgan fingerprint density at radius 3 is 2.37 bits per heavy atom. The molecule has 4 rings (SSSR count). The van der Waals surface area contributed by atoms with Gasteiger partial charge in [0.1, 0.15) is 0 Å². The molecule has 1 aliphatic heterocycles. The second-order valence-electron chi connectivity index (χ2n) is 8.01. The second kappa shape index (κ2) is 6.95. The van der Waals surface area contributed by atoms with E-state index >= 15 is 0 Å². The van der Waals surface area contributed by atoms with E-state index in [1.54, 1.807) is 12.1 Å².